The van der Waals surface area contributed by atoms with Gasteiger partial charge in [-0.15, -0.1) is 0 Å². The second-order valence-corrected chi connectivity index (χ2v) is 3.42. The zero-order valence-electron chi connectivity index (χ0n) is 9.16. The Morgan fingerprint density at radius 3 is 2.87 bits per heavy atom. The smallest absolute Gasteiger partial charge is 0.321 e. The van der Waals surface area contributed by atoms with Gasteiger partial charge in [-0.25, -0.2) is 4.79 Å². The van der Waals surface area contributed by atoms with Gasteiger partial charge in [0, 0.05) is 25.8 Å². The van der Waals surface area contributed by atoms with Crippen LogP contribution >= 0.6 is 0 Å². The molecule has 0 aliphatic carbocycles. The predicted octanol–water partition coefficient (Wildman–Crippen LogP) is 1.10. The van der Waals surface area contributed by atoms with Crippen LogP contribution in [0.5, 0.6) is 0 Å². The molecule has 0 aliphatic rings. The molecule has 0 saturated heterocycles. The number of nitrogens with zero attached hydrogens (tertiary/aromatic N) is 1. The van der Waals surface area contributed by atoms with Crippen molar-refractivity contribution in [1.29, 1.82) is 0 Å². The zero-order chi connectivity index (χ0) is 11.3. The first-order valence-electron chi connectivity index (χ1n) is 4.93. The van der Waals surface area contributed by atoms with Crippen LogP contribution in [0.2, 0.25) is 0 Å². The highest BCUT2D eigenvalue weighted by Gasteiger charge is 2.08. The summed E-state index contributed by atoms with van der Waals surface area (Å²) in [4.78, 5) is 13.1. The molecule has 0 saturated carbocycles. The maximum atomic E-state index is 11.6. The average molecular weight is 207 g/mol. The van der Waals surface area contributed by atoms with Crippen molar-refractivity contribution in [3.8, 4) is 0 Å². The van der Waals surface area contributed by atoms with E-state index in [0.717, 1.165) is 11.3 Å². The van der Waals surface area contributed by atoms with Crippen molar-refractivity contribution >= 4 is 11.7 Å². The molecule has 0 unspecified atom stereocenters. The van der Waals surface area contributed by atoms with Crippen LogP contribution in [-0.4, -0.2) is 26.2 Å². The number of nitrogens with two attached hydrogens (primary N) is 1. The van der Waals surface area contributed by atoms with Crippen molar-refractivity contribution in [2.75, 3.05) is 25.0 Å². The Morgan fingerprint density at radius 2 is 2.27 bits per heavy atom. The van der Waals surface area contributed by atoms with E-state index in [1.54, 1.807) is 11.9 Å². The maximum absolute atomic E-state index is 11.6. The minimum atomic E-state index is -0.133. The topological polar surface area (TPSA) is 58.4 Å². The lowest BCUT2D eigenvalue weighted by Crippen LogP contribution is -2.39. The van der Waals surface area contributed by atoms with Crippen molar-refractivity contribution in [1.82, 2.24) is 5.32 Å². The zero-order valence-corrected chi connectivity index (χ0v) is 9.16. The van der Waals surface area contributed by atoms with Crippen LogP contribution in [0.25, 0.3) is 0 Å². The molecule has 4 heteroatoms. The van der Waals surface area contributed by atoms with Crippen LogP contribution in [-0.2, 0) is 0 Å². The highest BCUT2D eigenvalue weighted by Crippen LogP contribution is 2.13. The number of benzene rings is 1. The summed E-state index contributed by atoms with van der Waals surface area (Å²) in [7, 11) is 1.74. The van der Waals surface area contributed by atoms with Gasteiger partial charge in [0.2, 0.25) is 0 Å². The first-order chi connectivity index (χ1) is 7.15. The van der Waals surface area contributed by atoms with Gasteiger partial charge in [-0.1, -0.05) is 12.1 Å². The second kappa shape index (κ2) is 5.36. The van der Waals surface area contributed by atoms with Gasteiger partial charge in [0.05, 0.1) is 0 Å². The van der Waals surface area contributed by atoms with E-state index in [4.69, 9.17) is 5.73 Å². The molecule has 1 aromatic rings. The van der Waals surface area contributed by atoms with Gasteiger partial charge in [-0.05, 0) is 24.6 Å². The lowest BCUT2D eigenvalue weighted by molar-refractivity contribution is 0.248. The summed E-state index contributed by atoms with van der Waals surface area (Å²) in [5, 5.41) is 2.71. The van der Waals surface area contributed by atoms with E-state index in [1.807, 2.05) is 31.2 Å². The summed E-state index contributed by atoms with van der Waals surface area (Å²) < 4.78 is 0. The summed E-state index contributed by atoms with van der Waals surface area (Å²) in [6, 6.07) is 7.65. The second-order valence-electron chi connectivity index (χ2n) is 3.42. The lowest BCUT2D eigenvalue weighted by atomic mass is 10.2. The summed E-state index contributed by atoms with van der Waals surface area (Å²) >= 11 is 0. The van der Waals surface area contributed by atoms with E-state index in [2.05, 4.69) is 5.32 Å². The Morgan fingerprint density at radius 1 is 1.53 bits per heavy atom. The number of nitrogens with one attached hydrogen (secondary N) is 1. The van der Waals surface area contributed by atoms with Crippen LogP contribution < -0.4 is 16.0 Å². The molecule has 1 rings (SSSR count). The average Bonchev–Trinajstić information content (AvgIpc) is 2.24. The summed E-state index contributed by atoms with van der Waals surface area (Å²) in [6.45, 7) is 2.94. The molecule has 1 aromatic carbocycles. The van der Waals surface area contributed by atoms with E-state index in [9.17, 15) is 4.79 Å². The molecule has 2 amide bonds. The quantitative estimate of drug-likeness (QED) is 0.779. The van der Waals surface area contributed by atoms with Crippen molar-refractivity contribution in [3.05, 3.63) is 29.8 Å². The lowest BCUT2D eigenvalue weighted by Gasteiger charge is -2.18. The molecular weight excluding hydrogens is 190 g/mol. The predicted molar refractivity (Wildman–Crippen MR) is 62.0 cm³/mol. The molecule has 82 valence electrons. The molecule has 0 spiro atoms. The third kappa shape index (κ3) is 3.25. The first kappa shape index (κ1) is 11.5. The van der Waals surface area contributed by atoms with Gasteiger partial charge in [0.15, 0.2) is 0 Å². The molecule has 0 aliphatic heterocycles. The summed E-state index contributed by atoms with van der Waals surface area (Å²) in [5.74, 6) is 0. The first-order valence-corrected chi connectivity index (χ1v) is 4.93. The number of hydrogen-bond donors (Lipinski definition) is 2. The number of urea groups is 1. The Balaban J connectivity index is 2.67. The maximum Gasteiger partial charge on any atom is 0.321 e. The van der Waals surface area contributed by atoms with Gasteiger partial charge in [0.25, 0.3) is 0 Å². The third-order valence-corrected chi connectivity index (χ3v) is 2.11. The highest BCUT2D eigenvalue weighted by molar-refractivity contribution is 5.91. The van der Waals surface area contributed by atoms with E-state index in [0.29, 0.717) is 13.1 Å². The normalized spacial score (nSPS) is 9.80. The van der Waals surface area contributed by atoms with E-state index in [-0.39, 0.29) is 6.03 Å². The van der Waals surface area contributed by atoms with E-state index in [1.165, 1.54) is 0 Å². The SMILES string of the molecule is Cc1cccc(N(C)C(=O)NCCN)c1. The summed E-state index contributed by atoms with van der Waals surface area (Å²) in [5.41, 5.74) is 7.32. The van der Waals surface area contributed by atoms with E-state index < -0.39 is 0 Å². The van der Waals surface area contributed by atoms with Crippen LogP contribution in [0.1, 0.15) is 5.56 Å². The van der Waals surface area contributed by atoms with Crippen molar-refractivity contribution in [2.24, 2.45) is 5.73 Å². The molecule has 4 nitrogen and oxygen atoms in total. The molecule has 0 atom stereocenters. The van der Waals surface area contributed by atoms with Crippen molar-refractivity contribution < 1.29 is 4.79 Å². The van der Waals surface area contributed by atoms with Gasteiger partial charge in [-0.2, -0.15) is 0 Å². The number of rotatable bonds is 3. The standard InChI is InChI=1S/C11H17N3O/c1-9-4-3-5-10(8-9)14(2)11(15)13-7-6-12/h3-5,8H,6-7,12H2,1-2H3,(H,13,15). The van der Waals surface area contributed by atoms with Crippen LogP contribution in [0.4, 0.5) is 10.5 Å². The van der Waals surface area contributed by atoms with Gasteiger partial charge < -0.3 is 11.1 Å². The largest absolute Gasteiger partial charge is 0.336 e. The Hall–Kier alpha value is -1.55. The highest BCUT2D eigenvalue weighted by atomic mass is 16.2. The molecule has 0 bridgehead atoms. The number of anilines is 1. The van der Waals surface area contributed by atoms with Crippen LogP contribution in [0.3, 0.4) is 0 Å². The molecule has 0 heterocycles. The number of hydrogen-bond acceptors (Lipinski definition) is 2. The van der Waals surface area contributed by atoms with Gasteiger partial charge in [-0.3, -0.25) is 4.90 Å². The van der Waals surface area contributed by atoms with E-state index >= 15 is 0 Å². The van der Waals surface area contributed by atoms with Crippen molar-refractivity contribution in [2.45, 2.75) is 6.92 Å². The Labute approximate surface area is 90.1 Å². The fraction of sp³-hybridized carbons (Fsp3) is 0.364. The fourth-order valence-electron chi connectivity index (χ4n) is 1.25. The number of aryl methyl sites for hydroxylation is 1. The Bertz CT molecular complexity index is 338. The molecule has 3 N–H and O–H groups in total. The fourth-order valence-corrected chi connectivity index (χ4v) is 1.25. The number of amides is 2. The molecule has 15 heavy (non-hydrogen) atoms. The van der Waals surface area contributed by atoms with Gasteiger partial charge >= 0.3 is 6.03 Å². The molecule has 0 fully saturated rings. The molecule has 0 radical (unpaired) electrons. The van der Waals surface area contributed by atoms with Gasteiger partial charge in [0.1, 0.15) is 0 Å². The van der Waals surface area contributed by atoms with Crippen molar-refractivity contribution in [3.63, 3.8) is 0 Å². The summed E-state index contributed by atoms with van der Waals surface area (Å²) in [6.07, 6.45) is 0. The van der Waals surface area contributed by atoms with Crippen LogP contribution in [0.15, 0.2) is 24.3 Å². The van der Waals surface area contributed by atoms with Crippen LogP contribution in [0, 0.1) is 6.92 Å². The molecular formula is C11H17N3O. The monoisotopic (exact) mass is 207 g/mol. The third-order valence-electron chi connectivity index (χ3n) is 2.11. The minimum Gasteiger partial charge on any atom is -0.336 e. The molecule has 0 aromatic heterocycles. The number of carbonyl (C=O) groups is 1. The number of carbonyl (C=O) groups excluding carboxylic acids is 1. The Kier molecular flexibility index (Phi) is 4.12. The minimum absolute atomic E-state index is 0.133.